The minimum Gasteiger partial charge on any atom is -0.497 e. The summed E-state index contributed by atoms with van der Waals surface area (Å²) in [5.41, 5.74) is 3.40. The fraction of sp³-hybridized carbons (Fsp3) is 0.421. The Hall–Kier alpha value is -2.83. The van der Waals surface area contributed by atoms with Crippen molar-refractivity contribution in [2.75, 3.05) is 30.4 Å². The Labute approximate surface area is 153 Å². The van der Waals surface area contributed by atoms with Crippen molar-refractivity contribution in [1.82, 2.24) is 15.3 Å². The first-order valence-corrected chi connectivity index (χ1v) is 8.84. The van der Waals surface area contributed by atoms with Crippen LogP contribution < -0.4 is 20.3 Å². The van der Waals surface area contributed by atoms with E-state index in [1.165, 1.54) is 12.8 Å². The normalized spacial score (nSPS) is 13.6. The predicted octanol–water partition coefficient (Wildman–Crippen LogP) is 3.02. The molecule has 0 aliphatic carbocycles. The molecule has 1 fully saturated rings. The minimum absolute atomic E-state index is 0.266. The molecule has 2 aromatic rings. The molecule has 0 radical (unpaired) electrons. The molecule has 0 spiro atoms. The first-order valence-electron chi connectivity index (χ1n) is 8.84. The monoisotopic (exact) mass is 355 g/mol. The first-order chi connectivity index (χ1) is 12.5. The van der Waals surface area contributed by atoms with Gasteiger partial charge in [0, 0.05) is 24.5 Å². The van der Waals surface area contributed by atoms with E-state index in [0.29, 0.717) is 6.54 Å². The average molecular weight is 355 g/mol. The Balaban J connectivity index is 1.60. The number of rotatable bonds is 5. The van der Waals surface area contributed by atoms with Gasteiger partial charge in [0.05, 0.1) is 19.3 Å². The highest BCUT2D eigenvalue weighted by Crippen LogP contribution is 2.21. The zero-order valence-corrected chi connectivity index (χ0v) is 15.5. The molecule has 1 saturated heterocycles. The van der Waals surface area contributed by atoms with Gasteiger partial charge >= 0.3 is 6.03 Å². The number of nitrogens with zero attached hydrogens (tertiary/aromatic N) is 3. The molecule has 0 unspecified atom stereocenters. The van der Waals surface area contributed by atoms with Crippen LogP contribution in [0.25, 0.3) is 0 Å². The number of aryl methyl sites for hydroxylation is 2. The quantitative estimate of drug-likeness (QED) is 0.862. The SMILES string of the molecule is COc1ccc(NC(=O)NCc2cc(C)nc(N3CCCC3)n2)c(C)c1. The van der Waals surface area contributed by atoms with Crippen LogP contribution in [0.1, 0.15) is 29.8 Å². The van der Waals surface area contributed by atoms with Crippen LogP contribution in [-0.4, -0.2) is 36.2 Å². The number of carbonyl (C=O) groups excluding carboxylic acids is 1. The number of methoxy groups -OCH3 is 1. The molecule has 26 heavy (non-hydrogen) atoms. The van der Waals surface area contributed by atoms with E-state index in [1.807, 2.05) is 38.1 Å². The summed E-state index contributed by atoms with van der Waals surface area (Å²) >= 11 is 0. The van der Waals surface area contributed by atoms with Crippen molar-refractivity contribution in [2.45, 2.75) is 33.2 Å². The highest BCUT2D eigenvalue weighted by atomic mass is 16.5. The maximum absolute atomic E-state index is 12.2. The maximum atomic E-state index is 12.2. The number of anilines is 2. The smallest absolute Gasteiger partial charge is 0.319 e. The van der Waals surface area contributed by atoms with Crippen molar-refractivity contribution in [2.24, 2.45) is 0 Å². The molecule has 7 heteroatoms. The lowest BCUT2D eigenvalue weighted by Crippen LogP contribution is -2.29. The van der Waals surface area contributed by atoms with Gasteiger partial charge in [-0.3, -0.25) is 0 Å². The Morgan fingerprint density at radius 2 is 1.96 bits per heavy atom. The van der Waals surface area contributed by atoms with Gasteiger partial charge in [-0.2, -0.15) is 0 Å². The third kappa shape index (κ3) is 4.41. The summed E-state index contributed by atoms with van der Waals surface area (Å²) in [4.78, 5) is 23.5. The lowest BCUT2D eigenvalue weighted by atomic mass is 10.2. The molecule has 7 nitrogen and oxygen atoms in total. The highest BCUT2D eigenvalue weighted by Gasteiger charge is 2.16. The highest BCUT2D eigenvalue weighted by molar-refractivity contribution is 5.90. The zero-order valence-electron chi connectivity index (χ0n) is 15.5. The van der Waals surface area contributed by atoms with Gasteiger partial charge in [-0.05, 0) is 56.5 Å². The summed E-state index contributed by atoms with van der Waals surface area (Å²) in [5, 5.41) is 5.71. The molecular weight excluding hydrogens is 330 g/mol. The molecule has 2 heterocycles. The minimum atomic E-state index is -0.266. The maximum Gasteiger partial charge on any atom is 0.319 e. The van der Waals surface area contributed by atoms with E-state index >= 15 is 0 Å². The van der Waals surface area contributed by atoms with Crippen molar-refractivity contribution in [3.8, 4) is 5.75 Å². The number of hydrogen-bond donors (Lipinski definition) is 2. The fourth-order valence-electron chi connectivity index (χ4n) is 3.01. The molecule has 1 aromatic carbocycles. The average Bonchev–Trinajstić information content (AvgIpc) is 3.16. The molecule has 2 amide bonds. The van der Waals surface area contributed by atoms with Crippen molar-refractivity contribution in [1.29, 1.82) is 0 Å². The molecule has 1 aliphatic heterocycles. The molecule has 0 saturated carbocycles. The third-order valence-electron chi connectivity index (χ3n) is 4.40. The van der Waals surface area contributed by atoms with E-state index in [0.717, 1.165) is 47.4 Å². The molecule has 1 aliphatic rings. The van der Waals surface area contributed by atoms with Gasteiger partial charge in [0.2, 0.25) is 5.95 Å². The van der Waals surface area contributed by atoms with E-state index in [1.54, 1.807) is 7.11 Å². The van der Waals surface area contributed by atoms with Crippen LogP contribution in [0.2, 0.25) is 0 Å². The van der Waals surface area contributed by atoms with E-state index in [2.05, 4.69) is 25.5 Å². The lowest BCUT2D eigenvalue weighted by Gasteiger charge is -2.17. The molecule has 3 rings (SSSR count). The van der Waals surface area contributed by atoms with Crippen LogP contribution in [0.4, 0.5) is 16.4 Å². The summed E-state index contributed by atoms with van der Waals surface area (Å²) in [7, 11) is 1.62. The van der Waals surface area contributed by atoms with Crippen molar-refractivity contribution in [3.05, 3.63) is 41.2 Å². The van der Waals surface area contributed by atoms with Crippen molar-refractivity contribution in [3.63, 3.8) is 0 Å². The van der Waals surface area contributed by atoms with Crippen LogP contribution in [-0.2, 0) is 6.54 Å². The summed E-state index contributed by atoms with van der Waals surface area (Å²) in [6.45, 7) is 6.21. The van der Waals surface area contributed by atoms with Gasteiger partial charge in [0.15, 0.2) is 0 Å². The Morgan fingerprint density at radius 1 is 1.19 bits per heavy atom. The third-order valence-corrected chi connectivity index (χ3v) is 4.40. The molecular formula is C19H25N5O2. The van der Waals surface area contributed by atoms with Gasteiger partial charge in [0.25, 0.3) is 0 Å². The van der Waals surface area contributed by atoms with Gasteiger partial charge in [0.1, 0.15) is 5.75 Å². The molecule has 0 atom stereocenters. The van der Waals surface area contributed by atoms with Crippen LogP contribution in [0.3, 0.4) is 0 Å². The van der Waals surface area contributed by atoms with Crippen molar-refractivity contribution >= 4 is 17.7 Å². The van der Waals surface area contributed by atoms with Crippen LogP contribution in [0.15, 0.2) is 24.3 Å². The number of amides is 2. The largest absolute Gasteiger partial charge is 0.497 e. The zero-order chi connectivity index (χ0) is 18.5. The number of carbonyl (C=O) groups is 1. The van der Waals surface area contributed by atoms with E-state index in [9.17, 15) is 4.79 Å². The molecule has 138 valence electrons. The number of aromatic nitrogens is 2. The van der Waals surface area contributed by atoms with Crippen LogP contribution in [0.5, 0.6) is 5.75 Å². The van der Waals surface area contributed by atoms with Gasteiger partial charge < -0.3 is 20.3 Å². The van der Waals surface area contributed by atoms with Gasteiger partial charge in [-0.15, -0.1) is 0 Å². The lowest BCUT2D eigenvalue weighted by molar-refractivity contribution is 0.251. The molecule has 0 bridgehead atoms. The number of benzene rings is 1. The summed E-state index contributed by atoms with van der Waals surface area (Å²) in [5.74, 6) is 1.52. The number of urea groups is 1. The second-order valence-corrected chi connectivity index (χ2v) is 6.48. The Morgan fingerprint density at radius 3 is 2.65 bits per heavy atom. The van der Waals surface area contributed by atoms with Gasteiger partial charge in [-0.1, -0.05) is 0 Å². The first kappa shape index (κ1) is 18.0. The second-order valence-electron chi connectivity index (χ2n) is 6.48. The van der Waals surface area contributed by atoms with Gasteiger partial charge in [-0.25, -0.2) is 14.8 Å². The topological polar surface area (TPSA) is 79.4 Å². The number of nitrogens with one attached hydrogen (secondary N) is 2. The molecule has 2 N–H and O–H groups in total. The Bertz CT molecular complexity index is 787. The second kappa shape index (κ2) is 8.03. The predicted molar refractivity (Wildman–Crippen MR) is 102 cm³/mol. The summed E-state index contributed by atoms with van der Waals surface area (Å²) < 4.78 is 5.18. The van der Waals surface area contributed by atoms with E-state index < -0.39 is 0 Å². The fourth-order valence-corrected chi connectivity index (χ4v) is 3.01. The van der Waals surface area contributed by atoms with Crippen LogP contribution >= 0.6 is 0 Å². The van der Waals surface area contributed by atoms with Crippen LogP contribution in [0, 0.1) is 13.8 Å². The summed E-state index contributed by atoms with van der Waals surface area (Å²) in [6.07, 6.45) is 2.35. The van der Waals surface area contributed by atoms with E-state index in [4.69, 9.17) is 4.74 Å². The van der Waals surface area contributed by atoms with Crippen molar-refractivity contribution < 1.29 is 9.53 Å². The standard InChI is InChI=1S/C19H25N5O2/c1-13-10-16(26-3)6-7-17(13)23-19(25)20-12-15-11-14(2)21-18(22-15)24-8-4-5-9-24/h6-7,10-11H,4-5,8-9,12H2,1-3H3,(H2,20,23,25). The Kier molecular flexibility index (Phi) is 5.55. The number of hydrogen-bond acceptors (Lipinski definition) is 5. The van der Waals surface area contributed by atoms with E-state index in [-0.39, 0.29) is 6.03 Å². The number of ether oxygens (including phenoxy) is 1. The summed E-state index contributed by atoms with van der Waals surface area (Å²) in [6, 6.07) is 7.16. The molecule has 1 aromatic heterocycles.